The van der Waals surface area contributed by atoms with Crippen LogP contribution in [0.15, 0.2) is 4.99 Å². The lowest BCUT2D eigenvalue weighted by molar-refractivity contribution is 0.563. The molecule has 126 valence electrons. The van der Waals surface area contributed by atoms with E-state index in [2.05, 4.69) is 17.6 Å². The minimum atomic E-state index is -2.79. The van der Waals surface area contributed by atoms with Crippen molar-refractivity contribution in [2.24, 2.45) is 10.9 Å². The fourth-order valence-corrected chi connectivity index (χ4v) is 6.14. The number of aliphatic imine (C=N–C) groups is 1. The van der Waals surface area contributed by atoms with Gasteiger partial charge in [-0.15, -0.1) is 0 Å². The second-order valence-electron chi connectivity index (χ2n) is 7.14. The first-order chi connectivity index (χ1) is 10.4. The second-order valence-corrected chi connectivity index (χ2v) is 11.0. The molecule has 2 aliphatic heterocycles. The van der Waals surface area contributed by atoms with Gasteiger partial charge in [0, 0.05) is 17.3 Å². The van der Waals surface area contributed by atoms with Gasteiger partial charge in [0.25, 0.3) is 0 Å². The standard InChI is InChI=1S/C15H27N3O2S2/c1-15(6-2-7-21-15)11-17-14(18-13-3-4-13)16-9-12-5-8-22(19,20)10-12/h12-13H,2-11H2,1H3,(H2,16,17,18). The summed E-state index contributed by atoms with van der Waals surface area (Å²) in [7, 11) is -2.79. The zero-order valence-corrected chi connectivity index (χ0v) is 14.9. The van der Waals surface area contributed by atoms with E-state index in [9.17, 15) is 8.42 Å². The average Bonchev–Trinajstić information content (AvgIpc) is 3.07. The molecule has 3 rings (SSSR count). The zero-order valence-electron chi connectivity index (χ0n) is 13.3. The zero-order chi connectivity index (χ0) is 15.6. The van der Waals surface area contributed by atoms with Crippen LogP contribution in [0.25, 0.3) is 0 Å². The first-order valence-corrected chi connectivity index (χ1v) is 11.1. The number of thioether (sulfide) groups is 1. The van der Waals surface area contributed by atoms with E-state index in [1.54, 1.807) is 0 Å². The van der Waals surface area contributed by atoms with Gasteiger partial charge < -0.3 is 10.6 Å². The topological polar surface area (TPSA) is 70.6 Å². The molecule has 2 atom stereocenters. The molecule has 3 fully saturated rings. The minimum absolute atomic E-state index is 0.229. The van der Waals surface area contributed by atoms with Gasteiger partial charge in [0.15, 0.2) is 15.8 Å². The highest BCUT2D eigenvalue weighted by Gasteiger charge is 2.31. The smallest absolute Gasteiger partial charge is 0.191 e. The Morgan fingerprint density at radius 2 is 2.18 bits per heavy atom. The number of nitrogens with zero attached hydrogens (tertiary/aromatic N) is 1. The molecule has 22 heavy (non-hydrogen) atoms. The van der Waals surface area contributed by atoms with Crippen molar-refractivity contribution >= 4 is 27.6 Å². The van der Waals surface area contributed by atoms with Gasteiger partial charge in [-0.2, -0.15) is 11.8 Å². The first-order valence-electron chi connectivity index (χ1n) is 8.33. The van der Waals surface area contributed by atoms with E-state index in [-0.39, 0.29) is 10.7 Å². The number of nitrogens with one attached hydrogen (secondary N) is 2. The van der Waals surface area contributed by atoms with Crippen LogP contribution < -0.4 is 10.6 Å². The Morgan fingerprint density at radius 3 is 2.77 bits per heavy atom. The summed E-state index contributed by atoms with van der Waals surface area (Å²) in [6.07, 6.45) is 5.73. The van der Waals surface area contributed by atoms with Gasteiger partial charge in [-0.05, 0) is 50.7 Å². The third kappa shape index (κ3) is 4.78. The molecule has 2 unspecified atom stereocenters. The molecule has 0 bridgehead atoms. The van der Waals surface area contributed by atoms with Gasteiger partial charge in [0.05, 0.1) is 18.1 Å². The highest BCUT2D eigenvalue weighted by atomic mass is 32.2. The fraction of sp³-hybridized carbons (Fsp3) is 0.933. The molecule has 1 aliphatic carbocycles. The van der Waals surface area contributed by atoms with Crippen LogP contribution in [0.1, 0.15) is 39.0 Å². The Hall–Kier alpha value is -0.430. The van der Waals surface area contributed by atoms with Crippen LogP contribution in [0, 0.1) is 5.92 Å². The van der Waals surface area contributed by atoms with Crippen molar-refractivity contribution < 1.29 is 8.42 Å². The van der Waals surface area contributed by atoms with E-state index in [1.807, 2.05) is 11.8 Å². The summed E-state index contributed by atoms with van der Waals surface area (Å²) in [5.74, 6) is 3.01. The van der Waals surface area contributed by atoms with Gasteiger partial charge in [-0.25, -0.2) is 8.42 Å². The molecule has 2 heterocycles. The Morgan fingerprint density at radius 1 is 1.36 bits per heavy atom. The second kappa shape index (κ2) is 6.59. The quantitative estimate of drug-likeness (QED) is 0.582. The Bertz CT molecular complexity index is 523. The highest BCUT2D eigenvalue weighted by molar-refractivity contribution is 8.00. The molecule has 0 spiro atoms. The fourth-order valence-electron chi connectivity index (χ4n) is 3.06. The Labute approximate surface area is 138 Å². The molecule has 0 aromatic heterocycles. The summed E-state index contributed by atoms with van der Waals surface area (Å²) in [5, 5.41) is 6.83. The van der Waals surface area contributed by atoms with E-state index in [0.29, 0.717) is 24.1 Å². The number of hydrogen-bond donors (Lipinski definition) is 2. The van der Waals surface area contributed by atoms with Crippen molar-refractivity contribution in [3.8, 4) is 0 Å². The lowest BCUT2D eigenvalue weighted by Crippen LogP contribution is -2.42. The highest BCUT2D eigenvalue weighted by Crippen LogP contribution is 2.37. The maximum absolute atomic E-state index is 11.5. The summed E-state index contributed by atoms with van der Waals surface area (Å²) < 4.78 is 23.4. The molecular formula is C15H27N3O2S2. The first kappa shape index (κ1) is 16.4. The van der Waals surface area contributed by atoms with Gasteiger partial charge in [0.2, 0.25) is 0 Å². The summed E-state index contributed by atoms with van der Waals surface area (Å²) >= 11 is 2.02. The maximum Gasteiger partial charge on any atom is 0.191 e. The van der Waals surface area contributed by atoms with Crippen LogP contribution in [-0.4, -0.2) is 55.5 Å². The minimum Gasteiger partial charge on any atom is -0.356 e. The summed E-state index contributed by atoms with van der Waals surface area (Å²) in [4.78, 5) is 4.78. The number of guanidine groups is 1. The normalized spacial score (nSPS) is 34.8. The molecule has 0 aromatic rings. The molecule has 0 aromatic carbocycles. The van der Waals surface area contributed by atoms with Crippen molar-refractivity contribution in [3.05, 3.63) is 0 Å². The van der Waals surface area contributed by atoms with Crippen LogP contribution in [0.4, 0.5) is 0 Å². The van der Waals surface area contributed by atoms with E-state index >= 15 is 0 Å². The van der Waals surface area contributed by atoms with Gasteiger partial charge >= 0.3 is 0 Å². The summed E-state index contributed by atoms with van der Waals surface area (Å²) in [5.41, 5.74) is 0. The van der Waals surface area contributed by atoms with Gasteiger partial charge in [-0.1, -0.05) is 0 Å². The Balaban J connectivity index is 1.52. The van der Waals surface area contributed by atoms with Crippen LogP contribution in [-0.2, 0) is 9.84 Å². The molecule has 0 radical (unpaired) electrons. The van der Waals surface area contributed by atoms with Gasteiger partial charge in [0.1, 0.15) is 0 Å². The third-order valence-electron chi connectivity index (χ3n) is 4.68. The molecule has 1 saturated carbocycles. The Kier molecular flexibility index (Phi) is 4.92. The van der Waals surface area contributed by atoms with E-state index in [4.69, 9.17) is 4.99 Å². The van der Waals surface area contributed by atoms with Crippen molar-refractivity contribution in [2.45, 2.75) is 49.8 Å². The van der Waals surface area contributed by atoms with Gasteiger partial charge in [-0.3, -0.25) is 4.99 Å². The largest absolute Gasteiger partial charge is 0.356 e. The number of rotatable bonds is 5. The van der Waals surface area contributed by atoms with Crippen LogP contribution in [0.2, 0.25) is 0 Å². The molecule has 7 heteroatoms. The van der Waals surface area contributed by atoms with E-state index in [0.717, 1.165) is 18.9 Å². The lowest BCUT2D eigenvalue weighted by atomic mass is 10.1. The van der Waals surface area contributed by atoms with E-state index in [1.165, 1.54) is 31.4 Å². The molecular weight excluding hydrogens is 318 g/mol. The lowest BCUT2D eigenvalue weighted by Gasteiger charge is -2.21. The third-order valence-corrected chi connectivity index (χ3v) is 8.04. The molecule has 2 saturated heterocycles. The molecule has 5 nitrogen and oxygen atoms in total. The van der Waals surface area contributed by atoms with E-state index < -0.39 is 9.84 Å². The summed E-state index contributed by atoms with van der Waals surface area (Å²) in [6, 6.07) is 0.558. The maximum atomic E-state index is 11.5. The van der Waals surface area contributed by atoms with Crippen LogP contribution >= 0.6 is 11.8 Å². The van der Waals surface area contributed by atoms with Crippen LogP contribution in [0.5, 0.6) is 0 Å². The van der Waals surface area contributed by atoms with Crippen LogP contribution in [0.3, 0.4) is 0 Å². The van der Waals surface area contributed by atoms with Crippen molar-refractivity contribution in [1.82, 2.24) is 10.6 Å². The molecule has 0 amide bonds. The number of sulfone groups is 1. The van der Waals surface area contributed by atoms with Crippen molar-refractivity contribution in [1.29, 1.82) is 0 Å². The predicted molar refractivity (Wildman–Crippen MR) is 93.3 cm³/mol. The SMILES string of the molecule is CC1(CN=C(NCC2CCS(=O)(=O)C2)NC2CC2)CCCS1. The average molecular weight is 346 g/mol. The molecule has 3 aliphatic rings. The monoisotopic (exact) mass is 345 g/mol. The predicted octanol–water partition coefficient (Wildman–Crippen LogP) is 1.40. The summed E-state index contributed by atoms with van der Waals surface area (Å²) in [6.45, 7) is 3.84. The van der Waals surface area contributed by atoms with Crippen molar-refractivity contribution in [3.63, 3.8) is 0 Å². The molecule has 2 N–H and O–H groups in total. The van der Waals surface area contributed by atoms with Crippen molar-refractivity contribution in [2.75, 3.05) is 30.3 Å². The number of hydrogen-bond acceptors (Lipinski definition) is 4.